The number of carboxylic acids is 2. The Hall–Kier alpha value is -2.56. The van der Waals surface area contributed by atoms with Crippen molar-refractivity contribution in [2.75, 3.05) is 0 Å². The van der Waals surface area contributed by atoms with Crippen molar-refractivity contribution in [3.8, 4) is 5.75 Å². The maximum absolute atomic E-state index is 11.0. The Balaban J connectivity index is 2.85. The van der Waals surface area contributed by atoms with Gasteiger partial charge in [-0.1, -0.05) is 12.1 Å². The van der Waals surface area contributed by atoms with E-state index in [2.05, 4.69) is 0 Å². The summed E-state index contributed by atoms with van der Waals surface area (Å²) in [6.07, 6.45) is 0. The van der Waals surface area contributed by atoms with Crippen molar-refractivity contribution in [2.45, 2.75) is 0 Å². The number of hydrogen-bond donors (Lipinski definition) is 3. The van der Waals surface area contributed by atoms with E-state index in [9.17, 15) is 14.7 Å². The lowest BCUT2D eigenvalue weighted by atomic mass is 10.0. The number of rotatable bonds is 2. The Morgan fingerprint density at radius 1 is 0.941 bits per heavy atom. The molecule has 86 valence electrons. The Morgan fingerprint density at radius 2 is 1.59 bits per heavy atom. The van der Waals surface area contributed by atoms with E-state index < -0.39 is 11.9 Å². The molecule has 0 unspecified atom stereocenters. The molecule has 17 heavy (non-hydrogen) atoms. The second kappa shape index (κ2) is 3.79. The van der Waals surface area contributed by atoms with Gasteiger partial charge in [0.15, 0.2) is 0 Å². The highest BCUT2D eigenvalue weighted by atomic mass is 16.4. The van der Waals surface area contributed by atoms with Crippen LogP contribution < -0.4 is 0 Å². The Kier molecular flexibility index (Phi) is 2.44. The fourth-order valence-electron chi connectivity index (χ4n) is 1.67. The maximum atomic E-state index is 11.0. The Morgan fingerprint density at radius 3 is 2.18 bits per heavy atom. The van der Waals surface area contributed by atoms with Crippen molar-refractivity contribution in [3.05, 3.63) is 41.5 Å². The molecule has 0 aliphatic heterocycles. The van der Waals surface area contributed by atoms with E-state index in [1.54, 1.807) is 6.07 Å². The molecule has 0 spiro atoms. The summed E-state index contributed by atoms with van der Waals surface area (Å²) in [5.41, 5.74) is -0.309. The lowest BCUT2D eigenvalue weighted by Gasteiger charge is -2.05. The highest BCUT2D eigenvalue weighted by Crippen LogP contribution is 2.27. The molecule has 5 nitrogen and oxygen atoms in total. The summed E-state index contributed by atoms with van der Waals surface area (Å²) in [4.78, 5) is 21.8. The van der Waals surface area contributed by atoms with Gasteiger partial charge in [0, 0.05) is 0 Å². The van der Waals surface area contributed by atoms with E-state index >= 15 is 0 Å². The average Bonchev–Trinajstić information content (AvgIpc) is 2.26. The average molecular weight is 232 g/mol. The second-order valence-corrected chi connectivity index (χ2v) is 3.51. The van der Waals surface area contributed by atoms with Gasteiger partial charge in [0.25, 0.3) is 0 Å². The zero-order valence-corrected chi connectivity index (χ0v) is 8.54. The summed E-state index contributed by atoms with van der Waals surface area (Å²) < 4.78 is 0. The molecule has 0 saturated heterocycles. The zero-order valence-electron chi connectivity index (χ0n) is 8.54. The molecule has 3 N–H and O–H groups in total. The zero-order chi connectivity index (χ0) is 12.6. The lowest BCUT2D eigenvalue weighted by molar-refractivity contribution is 0.0683. The molecule has 0 aromatic heterocycles. The molecule has 2 rings (SSSR count). The minimum absolute atomic E-state index is 0.00463. The van der Waals surface area contributed by atoms with Crippen LogP contribution in [0.1, 0.15) is 20.7 Å². The van der Waals surface area contributed by atoms with Crippen LogP contribution in [0.5, 0.6) is 5.75 Å². The number of hydrogen-bond acceptors (Lipinski definition) is 3. The van der Waals surface area contributed by atoms with Crippen LogP contribution in [0, 0.1) is 0 Å². The highest BCUT2D eigenvalue weighted by Gasteiger charge is 2.14. The maximum Gasteiger partial charge on any atom is 0.339 e. The Bertz CT molecular complexity index is 630. The number of benzene rings is 2. The molecule has 0 fully saturated rings. The molecule has 5 heteroatoms. The quantitative estimate of drug-likeness (QED) is 0.735. The van der Waals surface area contributed by atoms with Crippen molar-refractivity contribution < 1.29 is 24.9 Å². The van der Waals surface area contributed by atoms with E-state index in [1.807, 2.05) is 0 Å². The summed E-state index contributed by atoms with van der Waals surface area (Å²) in [7, 11) is 0. The summed E-state index contributed by atoms with van der Waals surface area (Å²) in [5, 5.41) is 28.1. The van der Waals surface area contributed by atoms with Crippen LogP contribution in [0.15, 0.2) is 30.3 Å². The molecule has 2 aromatic rings. The third kappa shape index (κ3) is 1.78. The third-order valence-electron chi connectivity index (χ3n) is 2.46. The van der Waals surface area contributed by atoms with Gasteiger partial charge in [0.1, 0.15) is 11.3 Å². The van der Waals surface area contributed by atoms with Crippen LogP contribution in [0.2, 0.25) is 0 Å². The monoisotopic (exact) mass is 232 g/mol. The topological polar surface area (TPSA) is 94.8 Å². The van der Waals surface area contributed by atoms with Gasteiger partial charge in [-0.15, -0.1) is 0 Å². The minimum atomic E-state index is -1.30. The number of fused-ring (bicyclic) bond motifs is 1. The van der Waals surface area contributed by atoms with Crippen molar-refractivity contribution >= 4 is 22.7 Å². The van der Waals surface area contributed by atoms with Gasteiger partial charge >= 0.3 is 11.9 Å². The minimum Gasteiger partial charge on any atom is -0.507 e. The molecular formula is C12H8O5. The fourth-order valence-corrected chi connectivity index (χ4v) is 1.67. The molecule has 0 amide bonds. The molecule has 0 aliphatic rings. The molecule has 0 saturated carbocycles. The first-order valence-corrected chi connectivity index (χ1v) is 4.73. The Labute approximate surface area is 95.5 Å². The molecule has 0 heterocycles. The van der Waals surface area contributed by atoms with Gasteiger partial charge in [-0.05, 0) is 29.0 Å². The van der Waals surface area contributed by atoms with Gasteiger partial charge in [-0.3, -0.25) is 0 Å². The first-order chi connectivity index (χ1) is 8.00. The second-order valence-electron chi connectivity index (χ2n) is 3.51. The summed E-state index contributed by atoms with van der Waals surface area (Å²) in [6, 6.07) is 6.92. The lowest BCUT2D eigenvalue weighted by Crippen LogP contribution is -2.00. The molecule has 0 aliphatic carbocycles. The molecule has 0 radical (unpaired) electrons. The van der Waals surface area contributed by atoms with Crippen LogP contribution in [0.3, 0.4) is 0 Å². The van der Waals surface area contributed by atoms with E-state index in [0.29, 0.717) is 5.39 Å². The predicted octanol–water partition coefficient (Wildman–Crippen LogP) is 1.94. The van der Waals surface area contributed by atoms with Crippen molar-refractivity contribution in [1.82, 2.24) is 0 Å². The van der Waals surface area contributed by atoms with Gasteiger partial charge in [0.2, 0.25) is 0 Å². The van der Waals surface area contributed by atoms with E-state index in [1.165, 1.54) is 18.2 Å². The van der Waals surface area contributed by atoms with Crippen LogP contribution in [-0.4, -0.2) is 27.3 Å². The molecule has 0 bridgehead atoms. The number of aromatic carboxylic acids is 2. The van der Waals surface area contributed by atoms with Gasteiger partial charge < -0.3 is 15.3 Å². The highest BCUT2D eigenvalue weighted by molar-refractivity contribution is 6.06. The van der Waals surface area contributed by atoms with Crippen molar-refractivity contribution in [2.24, 2.45) is 0 Å². The first-order valence-electron chi connectivity index (χ1n) is 4.73. The summed E-state index contributed by atoms with van der Waals surface area (Å²) >= 11 is 0. The van der Waals surface area contributed by atoms with Gasteiger partial charge in [-0.25, -0.2) is 9.59 Å². The van der Waals surface area contributed by atoms with Crippen LogP contribution in [0.4, 0.5) is 0 Å². The normalized spacial score (nSPS) is 10.4. The number of phenols is 1. The van der Waals surface area contributed by atoms with E-state index in [4.69, 9.17) is 10.2 Å². The van der Waals surface area contributed by atoms with Crippen LogP contribution in [0.25, 0.3) is 10.8 Å². The van der Waals surface area contributed by atoms with E-state index in [-0.39, 0.29) is 22.3 Å². The largest absolute Gasteiger partial charge is 0.507 e. The van der Waals surface area contributed by atoms with Crippen LogP contribution >= 0.6 is 0 Å². The van der Waals surface area contributed by atoms with Crippen molar-refractivity contribution in [1.29, 1.82) is 0 Å². The van der Waals surface area contributed by atoms with Crippen molar-refractivity contribution in [3.63, 3.8) is 0 Å². The van der Waals surface area contributed by atoms with Gasteiger partial charge in [-0.2, -0.15) is 0 Å². The molecule has 2 aromatic carbocycles. The standard InChI is InChI=1S/C12H8O5/c13-10-4-6-2-1-3-7(11(14)15)8(6)5-9(10)12(16)17/h1-5,13H,(H,14,15)(H,16,17). The smallest absolute Gasteiger partial charge is 0.339 e. The van der Waals surface area contributed by atoms with Crippen LogP contribution in [-0.2, 0) is 0 Å². The molecule has 0 atom stereocenters. The third-order valence-corrected chi connectivity index (χ3v) is 2.46. The summed E-state index contributed by atoms with van der Waals surface area (Å²) in [6.45, 7) is 0. The van der Waals surface area contributed by atoms with Gasteiger partial charge in [0.05, 0.1) is 5.56 Å². The summed E-state index contributed by atoms with van der Waals surface area (Å²) in [5.74, 6) is -2.82. The van der Waals surface area contributed by atoms with E-state index in [0.717, 1.165) is 6.07 Å². The molecular weight excluding hydrogens is 224 g/mol. The predicted molar refractivity (Wildman–Crippen MR) is 59.5 cm³/mol. The number of aromatic hydroxyl groups is 1. The fraction of sp³-hybridized carbons (Fsp3) is 0. The number of carbonyl (C=O) groups is 2. The SMILES string of the molecule is O=C(O)c1cc2c(C(=O)O)cccc2cc1O. The first kappa shape index (κ1) is 10.9. The number of carboxylic acid groups (broad SMARTS) is 2.